The zero-order valence-corrected chi connectivity index (χ0v) is 10.2. The van der Waals surface area contributed by atoms with E-state index in [1.807, 2.05) is 0 Å². The van der Waals surface area contributed by atoms with Gasteiger partial charge in [0.1, 0.15) is 0 Å². The van der Waals surface area contributed by atoms with Crippen molar-refractivity contribution in [3.05, 3.63) is 35.4 Å². The maximum absolute atomic E-state index is 12.5. The van der Waals surface area contributed by atoms with Gasteiger partial charge >= 0.3 is 6.18 Å². The van der Waals surface area contributed by atoms with Crippen LogP contribution in [0.2, 0.25) is 0 Å². The average Bonchev–Trinajstić information content (AvgIpc) is 2.33. The molecule has 0 aromatic heterocycles. The topological polar surface area (TPSA) is 47.9 Å². The summed E-state index contributed by atoms with van der Waals surface area (Å²) in [6.45, 7) is 0.847. The van der Waals surface area contributed by atoms with Crippen LogP contribution in [0.3, 0.4) is 0 Å². The number of benzene rings is 1. The van der Waals surface area contributed by atoms with Crippen molar-refractivity contribution in [1.29, 1.82) is 0 Å². The van der Waals surface area contributed by atoms with Crippen LogP contribution in [0.1, 0.15) is 42.9 Å². The average molecular weight is 262 g/mol. The van der Waals surface area contributed by atoms with Gasteiger partial charge in [0.2, 0.25) is 0 Å². The summed E-state index contributed by atoms with van der Waals surface area (Å²) in [7, 11) is 0. The predicted molar refractivity (Wildman–Crippen MR) is 62.6 cm³/mol. The van der Waals surface area contributed by atoms with Crippen molar-refractivity contribution in [2.75, 3.05) is 6.54 Å². The molecule has 0 aliphatic rings. The Bertz CT molecular complexity index is 365. The lowest BCUT2D eigenvalue weighted by molar-refractivity contribution is -0.368. The number of halogens is 3. The number of rotatable bonds is 6. The van der Waals surface area contributed by atoms with Crippen molar-refractivity contribution < 1.29 is 24.0 Å². The van der Waals surface area contributed by atoms with Gasteiger partial charge in [-0.3, -0.25) is 0 Å². The molecule has 0 saturated heterocycles. The second-order valence-electron chi connectivity index (χ2n) is 4.34. The Hall–Kier alpha value is -1.07. The van der Waals surface area contributed by atoms with Gasteiger partial charge in [0, 0.05) is 0 Å². The predicted octanol–water partition coefficient (Wildman–Crippen LogP) is 2.54. The van der Waals surface area contributed by atoms with Crippen LogP contribution in [-0.2, 0) is 6.18 Å². The Morgan fingerprint density at radius 2 is 1.89 bits per heavy atom. The molecule has 0 bridgehead atoms. The van der Waals surface area contributed by atoms with E-state index in [9.17, 15) is 18.3 Å². The number of hydrogen-bond acceptors (Lipinski definition) is 1. The molecule has 2 nitrogen and oxygen atoms in total. The van der Waals surface area contributed by atoms with E-state index >= 15 is 0 Å². The summed E-state index contributed by atoms with van der Waals surface area (Å²) in [5.41, 5.74) is 3.33. The number of aliphatic hydroxyl groups excluding tert-OH is 1. The van der Waals surface area contributed by atoms with Gasteiger partial charge in [0.25, 0.3) is 0 Å². The Balaban J connectivity index is 2.60. The van der Waals surface area contributed by atoms with E-state index in [4.69, 9.17) is 0 Å². The molecule has 0 amide bonds. The van der Waals surface area contributed by atoms with E-state index in [0.717, 1.165) is 37.9 Å². The van der Waals surface area contributed by atoms with Gasteiger partial charge in [-0.25, -0.2) is 0 Å². The van der Waals surface area contributed by atoms with Gasteiger partial charge in [-0.15, -0.1) is 0 Å². The van der Waals surface area contributed by atoms with Crippen LogP contribution >= 0.6 is 0 Å². The summed E-state index contributed by atoms with van der Waals surface area (Å²) in [6, 6.07) is 4.89. The van der Waals surface area contributed by atoms with E-state index < -0.39 is 17.8 Å². The third-order valence-electron chi connectivity index (χ3n) is 2.83. The molecule has 1 rings (SSSR count). The molecule has 0 aliphatic carbocycles. The summed E-state index contributed by atoms with van der Waals surface area (Å²) in [6.07, 6.45) is -1.97. The van der Waals surface area contributed by atoms with E-state index in [2.05, 4.69) is 5.73 Å². The van der Waals surface area contributed by atoms with Crippen LogP contribution in [0.4, 0.5) is 13.2 Å². The third-order valence-corrected chi connectivity index (χ3v) is 2.83. The van der Waals surface area contributed by atoms with Gasteiger partial charge < -0.3 is 10.8 Å². The molecule has 0 heterocycles. The maximum atomic E-state index is 12.5. The zero-order chi connectivity index (χ0) is 13.6. The minimum absolute atomic E-state index is 0.333. The van der Waals surface area contributed by atoms with Gasteiger partial charge in [-0.05, 0) is 37.0 Å². The highest BCUT2D eigenvalue weighted by molar-refractivity contribution is 5.27. The standard InChI is InChI=1S/C13H18F3NO/c14-13(15,16)11-6-4-5-10(9-11)12(18)7-2-1-3-8-17/h4-6,9,12,18H,1-3,7-8,17H2/p+1/t12-/m1/s1. The molecule has 0 spiro atoms. The van der Waals surface area contributed by atoms with Crippen LogP contribution in [0.25, 0.3) is 0 Å². The molecule has 0 fully saturated rings. The monoisotopic (exact) mass is 262 g/mol. The molecule has 4 N–H and O–H groups in total. The van der Waals surface area contributed by atoms with Gasteiger partial charge in [-0.1, -0.05) is 18.6 Å². The summed E-state index contributed by atoms with van der Waals surface area (Å²) in [5.74, 6) is 0. The molecule has 102 valence electrons. The first-order chi connectivity index (χ1) is 8.45. The number of hydrogen-bond donors (Lipinski definition) is 2. The van der Waals surface area contributed by atoms with Crippen molar-refractivity contribution in [3.63, 3.8) is 0 Å². The molecule has 0 unspecified atom stereocenters. The first kappa shape index (κ1) is 15.0. The Morgan fingerprint density at radius 3 is 2.50 bits per heavy atom. The SMILES string of the molecule is [NH3+]CCCCC[C@@H](O)c1cccc(C(F)(F)F)c1. The van der Waals surface area contributed by atoms with Crippen LogP contribution in [0.15, 0.2) is 24.3 Å². The van der Waals surface area contributed by atoms with Crippen molar-refractivity contribution in [2.45, 2.75) is 38.0 Å². The van der Waals surface area contributed by atoms with Crippen molar-refractivity contribution in [1.82, 2.24) is 0 Å². The number of quaternary nitrogens is 1. The molecular formula is C13H19F3NO+. The molecule has 1 aromatic rings. The van der Waals surface area contributed by atoms with E-state index in [-0.39, 0.29) is 0 Å². The van der Waals surface area contributed by atoms with E-state index in [0.29, 0.717) is 12.0 Å². The Kier molecular flexibility index (Phi) is 5.62. The summed E-state index contributed by atoms with van der Waals surface area (Å²) in [5, 5.41) is 9.83. The first-order valence-corrected chi connectivity index (χ1v) is 6.09. The highest BCUT2D eigenvalue weighted by Gasteiger charge is 2.30. The fourth-order valence-electron chi connectivity index (χ4n) is 1.78. The number of alkyl halides is 3. The molecule has 18 heavy (non-hydrogen) atoms. The lowest BCUT2D eigenvalue weighted by atomic mass is 10.0. The highest BCUT2D eigenvalue weighted by atomic mass is 19.4. The number of unbranched alkanes of at least 4 members (excludes halogenated alkanes) is 2. The van der Waals surface area contributed by atoms with Crippen molar-refractivity contribution >= 4 is 0 Å². The smallest absolute Gasteiger partial charge is 0.388 e. The maximum Gasteiger partial charge on any atom is 0.416 e. The molecular weight excluding hydrogens is 243 g/mol. The largest absolute Gasteiger partial charge is 0.416 e. The van der Waals surface area contributed by atoms with Crippen LogP contribution < -0.4 is 5.73 Å². The summed E-state index contributed by atoms with van der Waals surface area (Å²) in [4.78, 5) is 0. The van der Waals surface area contributed by atoms with Crippen LogP contribution in [0, 0.1) is 0 Å². The molecule has 1 atom stereocenters. The summed E-state index contributed by atoms with van der Waals surface area (Å²) >= 11 is 0. The van der Waals surface area contributed by atoms with Gasteiger partial charge in [0.05, 0.1) is 18.2 Å². The second kappa shape index (κ2) is 6.75. The fraction of sp³-hybridized carbons (Fsp3) is 0.538. The third kappa shape index (κ3) is 4.66. The lowest BCUT2D eigenvalue weighted by Crippen LogP contribution is -2.50. The van der Waals surface area contributed by atoms with Gasteiger partial charge in [-0.2, -0.15) is 13.2 Å². The second-order valence-corrected chi connectivity index (χ2v) is 4.34. The zero-order valence-electron chi connectivity index (χ0n) is 10.2. The minimum Gasteiger partial charge on any atom is -0.388 e. The highest BCUT2D eigenvalue weighted by Crippen LogP contribution is 2.31. The minimum atomic E-state index is -4.36. The molecule has 1 aromatic carbocycles. The van der Waals surface area contributed by atoms with E-state index in [1.165, 1.54) is 12.1 Å². The quantitative estimate of drug-likeness (QED) is 0.760. The number of aliphatic hydroxyl groups is 1. The van der Waals surface area contributed by atoms with Crippen LogP contribution in [-0.4, -0.2) is 11.7 Å². The molecule has 0 aliphatic heterocycles. The van der Waals surface area contributed by atoms with Crippen LogP contribution in [0.5, 0.6) is 0 Å². The van der Waals surface area contributed by atoms with Gasteiger partial charge in [0.15, 0.2) is 0 Å². The van der Waals surface area contributed by atoms with E-state index in [1.54, 1.807) is 0 Å². The first-order valence-electron chi connectivity index (χ1n) is 6.09. The molecule has 0 saturated carbocycles. The summed E-state index contributed by atoms with van der Waals surface area (Å²) < 4.78 is 37.5. The fourth-order valence-corrected chi connectivity index (χ4v) is 1.78. The normalized spacial score (nSPS) is 13.6. The lowest BCUT2D eigenvalue weighted by Gasteiger charge is -2.13. The van der Waals surface area contributed by atoms with Crippen molar-refractivity contribution in [2.24, 2.45) is 0 Å². The Morgan fingerprint density at radius 1 is 1.17 bits per heavy atom. The van der Waals surface area contributed by atoms with Crippen molar-refractivity contribution in [3.8, 4) is 0 Å². The molecule has 0 radical (unpaired) electrons. The Labute approximate surface area is 105 Å². The molecule has 5 heteroatoms.